The van der Waals surface area contributed by atoms with Gasteiger partial charge in [-0.15, -0.1) is 0 Å². The predicted octanol–water partition coefficient (Wildman–Crippen LogP) is 1.85. The van der Waals surface area contributed by atoms with Gasteiger partial charge in [-0.2, -0.15) is 9.64 Å². The Morgan fingerprint density at radius 2 is 2.38 bits per heavy atom. The summed E-state index contributed by atoms with van der Waals surface area (Å²) in [4.78, 5) is 8.30. The zero-order valence-corrected chi connectivity index (χ0v) is 9.97. The van der Waals surface area contributed by atoms with E-state index < -0.39 is 0 Å². The monoisotopic (exact) mass is 249 g/mol. The van der Waals surface area contributed by atoms with E-state index in [2.05, 4.69) is 20.4 Å². The molecule has 0 bridgehead atoms. The number of hydrogen-bond donors (Lipinski definition) is 1. The second-order valence-electron chi connectivity index (χ2n) is 2.94. The number of nitriles is 1. The van der Waals surface area contributed by atoms with Crippen LogP contribution < -0.4 is 5.73 Å². The summed E-state index contributed by atoms with van der Waals surface area (Å²) >= 11 is 2.61. The summed E-state index contributed by atoms with van der Waals surface area (Å²) in [5.74, 6) is 0.724. The molecule has 0 unspecified atom stereocenters. The van der Waals surface area contributed by atoms with Gasteiger partial charge in [-0.1, -0.05) is 0 Å². The third-order valence-electron chi connectivity index (χ3n) is 1.69. The van der Waals surface area contributed by atoms with E-state index >= 15 is 0 Å². The fraction of sp³-hybridized carbons (Fsp3) is 0.111. The zero-order valence-electron chi connectivity index (χ0n) is 8.34. The van der Waals surface area contributed by atoms with Crippen molar-refractivity contribution in [3.63, 3.8) is 0 Å². The van der Waals surface area contributed by atoms with Gasteiger partial charge in [0.1, 0.15) is 16.9 Å². The highest BCUT2D eigenvalue weighted by atomic mass is 32.2. The summed E-state index contributed by atoms with van der Waals surface area (Å²) in [6.07, 6.45) is 1.52. The summed E-state index contributed by atoms with van der Waals surface area (Å²) < 4.78 is 4.83. The van der Waals surface area contributed by atoms with Crippen LogP contribution in [-0.2, 0) is 0 Å². The van der Waals surface area contributed by atoms with E-state index in [4.69, 9.17) is 11.0 Å². The van der Waals surface area contributed by atoms with E-state index in [0.29, 0.717) is 16.3 Å². The average molecular weight is 249 g/mol. The van der Waals surface area contributed by atoms with Gasteiger partial charge in [0.2, 0.25) is 0 Å². The molecule has 0 amide bonds. The van der Waals surface area contributed by atoms with Crippen LogP contribution in [0.3, 0.4) is 0 Å². The third kappa shape index (κ3) is 2.29. The highest BCUT2D eigenvalue weighted by molar-refractivity contribution is 8.00. The Balaban J connectivity index is 2.31. The van der Waals surface area contributed by atoms with Crippen LogP contribution in [0.4, 0.5) is 5.69 Å². The molecule has 16 heavy (non-hydrogen) atoms. The van der Waals surface area contributed by atoms with Crippen LogP contribution in [0, 0.1) is 18.3 Å². The molecular weight excluding hydrogens is 242 g/mol. The van der Waals surface area contributed by atoms with Crippen molar-refractivity contribution in [1.29, 1.82) is 5.26 Å². The molecule has 0 aromatic carbocycles. The Kier molecular flexibility index (Phi) is 3.03. The van der Waals surface area contributed by atoms with Crippen molar-refractivity contribution in [2.24, 2.45) is 0 Å². The molecule has 0 saturated carbocycles. The maximum Gasteiger partial charge on any atom is 0.176 e. The van der Waals surface area contributed by atoms with Crippen molar-refractivity contribution >= 4 is 29.0 Å². The van der Waals surface area contributed by atoms with Crippen LogP contribution in [-0.4, -0.2) is 14.3 Å². The molecule has 2 aromatic heterocycles. The summed E-state index contributed by atoms with van der Waals surface area (Å²) in [5, 5.41) is 9.54. The largest absolute Gasteiger partial charge is 0.397 e. The fourth-order valence-corrected chi connectivity index (χ4v) is 2.62. The van der Waals surface area contributed by atoms with Gasteiger partial charge in [-0.05, 0) is 36.3 Å². The van der Waals surface area contributed by atoms with E-state index in [1.807, 2.05) is 6.92 Å². The van der Waals surface area contributed by atoms with Crippen LogP contribution in [0.15, 0.2) is 21.6 Å². The summed E-state index contributed by atoms with van der Waals surface area (Å²) in [5.41, 5.74) is 6.49. The molecule has 7 heteroatoms. The number of nitrogen functional groups attached to an aromatic ring is 1. The van der Waals surface area contributed by atoms with Crippen molar-refractivity contribution in [3.05, 3.63) is 23.7 Å². The van der Waals surface area contributed by atoms with Crippen molar-refractivity contribution in [3.8, 4) is 6.07 Å². The molecule has 0 fully saturated rings. The second-order valence-corrected chi connectivity index (χ2v) is 4.93. The van der Waals surface area contributed by atoms with Gasteiger partial charge >= 0.3 is 0 Å². The standard InChI is InChI=1S/C9H7N5S2/c1-5-13-9(16-14-5)15-8-6(3-10)2-7(11)4-12-8/h2,4H,11H2,1H3. The smallest absolute Gasteiger partial charge is 0.176 e. The first-order valence-electron chi connectivity index (χ1n) is 4.33. The molecule has 0 aliphatic carbocycles. The summed E-state index contributed by atoms with van der Waals surface area (Å²) in [6, 6.07) is 3.66. The van der Waals surface area contributed by atoms with Crippen LogP contribution in [0.25, 0.3) is 0 Å². The molecule has 5 nitrogen and oxygen atoms in total. The Labute approximate surface area is 101 Å². The average Bonchev–Trinajstić information content (AvgIpc) is 2.67. The Morgan fingerprint density at radius 1 is 1.56 bits per heavy atom. The van der Waals surface area contributed by atoms with Gasteiger partial charge in [0.15, 0.2) is 4.34 Å². The lowest BCUT2D eigenvalue weighted by Crippen LogP contribution is -1.91. The van der Waals surface area contributed by atoms with E-state index in [-0.39, 0.29) is 0 Å². The lowest BCUT2D eigenvalue weighted by Gasteiger charge is -2.00. The van der Waals surface area contributed by atoms with Gasteiger partial charge in [-0.25, -0.2) is 9.97 Å². The molecular formula is C9H7N5S2. The maximum absolute atomic E-state index is 8.93. The number of anilines is 1. The SMILES string of the molecule is Cc1nsc(Sc2ncc(N)cc2C#N)n1. The first kappa shape index (κ1) is 10.9. The quantitative estimate of drug-likeness (QED) is 0.873. The maximum atomic E-state index is 8.93. The molecule has 0 radical (unpaired) electrons. The normalized spacial score (nSPS) is 10.0. The van der Waals surface area contributed by atoms with E-state index in [1.54, 1.807) is 6.07 Å². The number of pyridine rings is 1. The topological polar surface area (TPSA) is 88.5 Å². The van der Waals surface area contributed by atoms with Crippen molar-refractivity contribution in [2.45, 2.75) is 16.3 Å². The first-order chi connectivity index (χ1) is 7.69. The molecule has 80 valence electrons. The number of nitrogens with zero attached hydrogens (tertiary/aromatic N) is 4. The lowest BCUT2D eigenvalue weighted by atomic mass is 10.3. The van der Waals surface area contributed by atoms with Gasteiger partial charge in [0.25, 0.3) is 0 Å². The van der Waals surface area contributed by atoms with Crippen LogP contribution in [0.5, 0.6) is 0 Å². The lowest BCUT2D eigenvalue weighted by molar-refractivity contribution is 1.08. The Morgan fingerprint density at radius 3 is 3.00 bits per heavy atom. The van der Waals surface area contributed by atoms with Gasteiger partial charge < -0.3 is 5.73 Å². The molecule has 0 saturated heterocycles. The van der Waals surface area contributed by atoms with Crippen LogP contribution in [0.2, 0.25) is 0 Å². The minimum atomic E-state index is 0.456. The molecule has 0 aliphatic rings. The molecule has 2 rings (SSSR count). The molecule has 2 aromatic rings. The first-order valence-corrected chi connectivity index (χ1v) is 5.92. The summed E-state index contributed by atoms with van der Waals surface area (Å²) in [6.45, 7) is 1.82. The van der Waals surface area contributed by atoms with E-state index in [9.17, 15) is 0 Å². The molecule has 0 spiro atoms. The van der Waals surface area contributed by atoms with Gasteiger partial charge in [-0.3, -0.25) is 0 Å². The fourth-order valence-electron chi connectivity index (χ4n) is 1.03. The molecule has 0 atom stereocenters. The number of aromatic nitrogens is 3. The van der Waals surface area contributed by atoms with Crippen LogP contribution in [0.1, 0.15) is 11.4 Å². The number of rotatable bonds is 2. The molecule has 2 N–H and O–H groups in total. The summed E-state index contributed by atoms with van der Waals surface area (Å²) in [7, 11) is 0. The Hall–Kier alpha value is -1.65. The number of aryl methyl sites for hydroxylation is 1. The second kappa shape index (κ2) is 4.47. The molecule has 0 aliphatic heterocycles. The van der Waals surface area contributed by atoms with Gasteiger partial charge in [0, 0.05) is 0 Å². The third-order valence-corrected chi connectivity index (χ3v) is 3.55. The van der Waals surface area contributed by atoms with Crippen molar-refractivity contribution in [2.75, 3.05) is 5.73 Å². The highest BCUT2D eigenvalue weighted by Gasteiger charge is 2.09. The van der Waals surface area contributed by atoms with E-state index in [0.717, 1.165) is 10.2 Å². The minimum absolute atomic E-state index is 0.456. The minimum Gasteiger partial charge on any atom is -0.397 e. The number of nitrogens with two attached hydrogens (primary N) is 1. The molecule has 2 heterocycles. The highest BCUT2D eigenvalue weighted by Crippen LogP contribution is 2.30. The Bertz CT molecular complexity index is 557. The van der Waals surface area contributed by atoms with Crippen molar-refractivity contribution in [1.82, 2.24) is 14.3 Å². The number of hydrogen-bond acceptors (Lipinski definition) is 7. The van der Waals surface area contributed by atoms with E-state index in [1.165, 1.54) is 29.5 Å². The van der Waals surface area contributed by atoms with Crippen LogP contribution >= 0.6 is 23.3 Å². The predicted molar refractivity (Wildman–Crippen MR) is 62.1 cm³/mol. The van der Waals surface area contributed by atoms with Crippen molar-refractivity contribution < 1.29 is 0 Å². The zero-order chi connectivity index (χ0) is 11.5. The van der Waals surface area contributed by atoms with Gasteiger partial charge in [0.05, 0.1) is 17.4 Å².